The van der Waals surface area contributed by atoms with Crippen molar-refractivity contribution >= 4 is 29.1 Å². The molecule has 1 saturated heterocycles. The van der Waals surface area contributed by atoms with Crippen molar-refractivity contribution in [2.45, 2.75) is 51.1 Å². The quantitative estimate of drug-likeness (QED) is 0.645. The van der Waals surface area contributed by atoms with Crippen molar-refractivity contribution in [3.8, 4) is 0 Å². The Kier molecular flexibility index (Phi) is 6.88. The fourth-order valence-corrected chi connectivity index (χ4v) is 4.42. The van der Waals surface area contributed by atoms with E-state index in [1.165, 1.54) is 12.6 Å². The van der Waals surface area contributed by atoms with Crippen LogP contribution in [0.5, 0.6) is 0 Å². The molecule has 0 atom stereocenters. The number of nitrogens with zero attached hydrogens (tertiary/aromatic N) is 3. The number of hydrogen-bond acceptors (Lipinski definition) is 4. The summed E-state index contributed by atoms with van der Waals surface area (Å²) in [6.07, 6.45) is 6.83. The van der Waals surface area contributed by atoms with Crippen LogP contribution in [0.15, 0.2) is 42.6 Å². The second kappa shape index (κ2) is 9.79. The van der Waals surface area contributed by atoms with Crippen LogP contribution < -0.4 is 5.32 Å². The van der Waals surface area contributed by atoms with E-state index in [0.717, 1.165) is 45.3 Å². The lowest BCUT2D eigenvalue weighted by molar-refractivity contribution is 0.0549. The molecule has 2 aromatic rings. The Labute approximate surface area is 188 Å². The molecule has 31 heavy (non-hydrogen) atoms. The summed E-state index contributed by atoms with van der Waals surface area (Å²) in [5.41, 5.74) is 1.63. The second-order valence-electron chi connectivity index (χ2n) is 8.42. The van der Waals surface area contributed by atoms with Gasteiger partial charge in [-0.3, -0.25) is 9.59 Å². The first-order valence-corrected chi connectivity index (χ1v) is 11.5. The number of carbonyl (C=O) groups excluding carboxylic acids is 2. The lowest BCUT2D eigenvalue weighted by Crippen LogP contribution is -2.48. The van der Waals surface area contributed by atoms with Gasteiger partial charge >= 0.3 is 0 Å². The summed E-state index contributed by atoms with van der Waals surface area (Å²) in [6, 6.07) is 11.1. The Hall–Kier alpha value is -2.44. The van der Waals surface area contributed by atoms with Crippen molar-refractivity contribution in [3.63, 3.8) is 0 Å². The molecule has 1 aromatic heterocycles. The van der Waals surface area contributed by atoms with Crippen molar-refractivity contribution in [2.75, 3.05) is 25.0 Å². The summed E-state index contributed by atoms with van der Waals surface area (Å²) in [7, 11) is 0. The summed E-state index contributed by atoms with van der Waals surface area (Å²) in [5, 5.41) is 3.19. The fraction of sp³-hybridized carbons (Fsp3) is 0.458. The third-order valence-electron chi connectivity index (χ3n) is 6.02. The molecule has 1 aliphatic carbocycles. The largest absolute Gasteiger partial charge is 0.333 e. The fourth-order valence-electron chi connectivity index (χ4n) is 4.31. The Morgan fingerprint density at radius 2 is 1.84 bits per heavy atom. The number of halogens is 1. The SMILES string of the molecule is CCCN1CCC(N(C(=O)c2cccc(NC(=O)c3ccc(Cl)nc3)c2)C2CC2)CC1. The van der Waals surface area contributed by atoms with E-state index >= 15 is 0 Å². The lowest BCUT2D eigenvalue weighted by Gasteiger charge is -2.39. The standard InChI is InChI=1S/C24H29ClN4O2/c1-2-12-28-13-10-21(11-14-28)29(20-7-8-20)24(31)17-4-3-5-19(15-17)27-23(30)18-6-9-22(25)26-16-18/h3-6,9,15-16,20-21H,2,7-8,10-14H2,1H3,(H,27,30). The molecule has 164 valence electrons. The Morgan fingerprint density at radius 1 is 1.10 bits per heavy atom. The lowest BCUT2D eigenvalue weighted by atomic mass is 10.0. The van der Waals surface area contributed by atoms with Gasteiger partial charge in [0.1, 0.15) is 5.15 Å². The molecule has 2 fully saturated rings. The minimum absolute atomic E-state index is 0.0701. The number of likely N-dealkylation sites (tertiary alicyclic amines) is 1. The second-order valence-corrected chi connectivity index (χ2v) is 8.81. The van der Waals surface area contributed by atoms with E-state index in [-0.39, 0.29) is 11.8 Å². The highest BCUT2D eigenvalue weighted by Crippen LogP contribution is 2.33. The zero-order valence-electron chi connectivity index (χ0n) is 17.9. The van der Waals surface area contributed by atoms with Gasteiger partial charge in [-0.1, -0.05) is 24.6 Å². The monoisotopic (exact) mass is 440 g/mol. The van der Waals surface area contributed by atoms with E-state index in [0.29, 0.717) is 34.1 Å². The molecular weight excluding hydrogens is 412 g/mol. The van der Waals surface area contributed by atoms with Gasteiger partial charge in [0.2, 0.25) is 0 Å². The summed E-state index contributed by atoms with van der Waals surface area (Å²) in [6.45, 7) is 5.46. The average Bonchev–Trinajstić information content (AvgIpc) is 3.61. The Balaban J connectivity index is 1.45. The van der Waals surface area contributed by atoms with Crippen molar-refractivity contribution in [1.82, 2.24) is 14.8 Å². The molecule has 7 heteroatoms. The van der Waals surface area contributed by atoms with Crippen LogP contribution in [-0.2, 0) is 0 Å². The number of hydrogen-bond donors (Lipinski definition) is 1. The van der Waals surface area contributed by atoms with Crippen LogP contribution in [0, 0.1) is 0 Å². The normalized spacial score (nSPS) is 17.4. The van der Waals surface area contributed by atoms with Crippen molar-refractivity contribution in [1.29, 1.82) is 0 Å². The molecule has 0 spiro atoms. The summed E-state index contributed by atoms with van der Waals surface area (Å²) in [5.74, 6) is -0.211. The first-order chi connectivity index (χ1) is 15.0. The number of rotatable bonds is 7. The zero-order chi connectivity index (χ0) is 21.8. The zero-order valence-corrected chi connectivity index (χ0v) is 18.6. The van der Waals surface area contributed by atoms with Gasteiger partial charge in [-0.25, -0.2) is 4.98 Å². The van der Waals surface area contributed by atoms with Crippen LogP contribution in [0.25, 0.3) is 0 Å². The van der Waals surface area contributed by atoms with E-state index < -0.39 is 0 Å². The number of pyridine rings is 1. The Morgan fingerprint density at radius 3 is 2.48 bits per heavy atom. The molecule has 0 radical (unpaired) electrons. The van der Waals surface area contributed by atoms with Gasteiger partial charge in [-0.15, -0.1) is 0 Å². The highest BCUT2D eigenvalue weighted by molar-refractivity contribution is 6.29. The maximum Gasteiger partial charge on any atom is 0.257 e. The summed E-state index contributed by atoms with van der Waals surface area (Å²) < 4.78 is 0. The number of aromatic nitrogens is 1. The number of carbonyl (C=O) groups is 2. The van der Waals surface area contributed by atoms with Gasteiger partial charge < -0.3 is 15.1 Å². The highest BCUT2D eigenvalue weighted by Gasteiger charge is 2.38. The van der Waals surface area contributed by atoms with E-state index in [4.69, 9.17) is 11.6 Å². The minimum Gasteiger partial charge on any atom is -0.333 e. The van der Waals surface area contributed by atoms with Gasteiger partial charge in [0, 0.05) is 42.6 Å². The maximum atomic E-state index is 13.5. The number of benzene rings is 1. The number of piperidine rings is 1. The molecule has 2 amide bonds. The Bertz CT molecular complexity index is 921. The van der Waals surface area contributed by atoms with Crippen LogP contribution in [0.1, 0.15) is 59.7 Å². The molecule has 1 saturated carbocycles. The first kappa shape index (κ1) is 21.8. The van der Waals surface area contributed by atoms with Gasteiger partial charge in [-0.05, 0) is 69.0 Å². The molecule has 1 aromatic carbocycles. The van der Waals surface area contributed by atoms with Gasteiger partial charge in [-0.2, -0.15) is 0 Å². The molecule has 2 aliphatic rings. The predicted octanol–water partition coefficient (Wildman–Crippen LogP) is 4.47. The van der Waals surface area contributed by atoms with Gasteiger partial charge in [0.05, 0.1) is 5.56 Å². The molecule has 6 nitrogen and oxygen atoms in total. The minimum atomic E-state index is -0.281. The van der Waals surface area contributed by atoms with Crippen LogP contribution in [0.3, 0.4) is 0 Å². The third-order valence-corrected chi connectivity index (χ3v) is 6.25. The predicted molar refractivity (Wildman–Crippen MR) is 123 cm³/mol. The molecule has 1 N–H and O–H groups in total. The maximum absolute atomic E-state index is 13.5. The van der Waals surface area contributed by atoms with Crippen LogP contribution in [0.2, 0.25) is 5.15 Å². The molecule has 0 unspecified atom stereocenters. The van der Waals surface area contributed by atoms with Crippen molar-refractivity contribution in [3.05, 3.63) is 58.9 Å². The van der Waals surface area contributed by atoms with Gasteiger partial charge in [0.25, 0.3) is 11.8 Å². The van der Waals surface area contributed by atoms with Crippen LogP contribution >= 0.6 is 11.6 Å². The molecular formula is C24H29ClN4O2. The van der Waals surface area contributed by atoms with E-state index in [1.54, 1.807) is 24.3 Å². The number of anilines is 1. The molecule has 4 rings (SSSR count). The third kappa shape index (κ3) is 5.43. The first-order valence-electron chi connectivity index (χ1n) is 11.1. The van der Waals surface area contributed by atoms with Crippen LogP contribution in [0.4, 0.5) is 5.69 Å². The number of amides is 2. The highest BCUT2D eigenvalue weighted by atomic mass is 35.5. The van der Waals surface area contributed by atoms with E-state index in [2.05, 4.69) is 27.0 Å². The van der Waals surface area contributed by atoms with E-state index in [1.807, 2.05) is 12.1 Å². The van der Waals surface area contributed by atoms with E-state index in [9.17, 15) is 9.59 Å². The van der Waals surface area contributed by atoms with Gasteiger partial charge in [0.15, 0.2) is 0 Å². The summed E-state index contributed by atoms with van der Waals surface area (Å²) in [4.78, 5) is 34.5. The van der Waals surface area contributed by atoms with Crippen molar-refractivity contribution in [2.24, 2.45) is 0 Å². The molecule has 0 bridgehead atoms. The van der Waals surface area contributed by atoms with Crippen LogP contribution in [-0.4, -0.2) is 58.3 Å². The molecule has 1 aliphatic heterocycles. The smallest absolute Gasteiger partial charge is 0.257 e. The molecule has 2 heterocycles. The summed E-state index contributed by atoms with van der Waals surface area (Å²) >= 11 is 5.79. The average molecular weight is 441 g/mol. The topological polar surface area (TPSA) is 65.5 Å². The van der Waals surface area contributed by atoms with Crippen molar-refractivity contribution < 1.29 is 9.59 Å². The number of nitrogens with one attached hydrogen (secondary N) is 1.